The summed E-state index contributed by atoms with van der Waals surface area (Å²) in [5, 5.41) is 2.39. The number of aliphatic imine (C=N–C) groups is 3. The maximum absolute atomic E-state index is 11.8. The van der Waals surface area contributed by atoms with E-state index in [4.69, 9.17) is 4.74 Å². The zero-order chi connectivity index (χ0) is 13.4. The van der Waals surface area contributed by atoms with E-state index in [1.54, 1.807) is 24.3 Å². The van der Waals surface area contributed by atoms with Gasteiger partial charge in [0.1, 0.15) is 5.75 Å². The number of amides is 3. The first-order chi connectivity index (χ1) is 9.19. The number of rotatable bonds is 2. The number of carbonyl (C=O) groups excluding carboxylic acids is 2. The summed E-state index contributed by atoms with van der Waals surface area (Å²) >= 11 is 0. The zero-order valence-electron chi connectivity index (χ0n) is 9.88. The minimum atomic E-state index is -0.612. The standard InChI is InChI=1S/C12H8N4O3/c1-19-7-5-3-2-4-6(7)9-14-10-8(11(17)15-9)13-12(18)16-10/h2-5H,1H3,(H,14,15,16,17,18). The molecule has 1 aromatic carbocycles. The van der Waals surface area contributed by atoms with E-state index in [2.05, 4.69) is 20.3 Å². The molecule has 0 fully saturated rings. The lowest BCUT2D eigenvalue weighted by atomic mass is 10.1. The molecular weight excluding hydrogens is 248 g/mol. The maximum Gasteiger partial charge on any atom is 0.347 e. The number of nitrogens with one attached hydrogen (secondary N) is 1. The van der Waals surface area contributed by atoms with Gasteiger partial charge in [0.05, 0.1) is 12.7 Å². The molecule has 3 amide bonds. The smallest absolute Gasteiger partial charge is 0.347 e. The second-order valence-electron chi connectivity index (χ2n) is 3.79. The van der Waals surface area contributed by atoms with Crippen LogP contribution in [0.2, 0.25) is 0 Å². The lowest BCUT2D eigenvalue weighted by Crippen LogP contribution is -2.34. The molecule has 2 aliphatic heterocycles. The van der Waals surface area contributed by atoms with Gasteiger partial charge in [-0.1, -0.05) is 12.1 Å². The molecule has 7 nitrogen and oxygen atoms in total. The molecule has 2 aliphatic rings. The van der Waals surface area contributed by atoms with Crippen molar-refractivity contribution < 1.29 is 14.3 Å². The Balaban J connectivity index is 2.09. The fourth-order valence-electron chi connectivity index (χ4n) is 1.80. The lowest BCUT2D eigenvalue weighted by molar-refractivity contribution is -0.111. The van der Waals surface area contributed by atoms with Crippen molar-refractivity contribution in [1.29, 1.82) is 0 Å². The average molecular weight is 256 g/mol. The third kappa shape index (κ3) is 1.81. The average Bonchev–Trinajstić information content (AvgIpc) is 2.79. The molecule has 0 spiro atoms. The van der Waals surface area contributed by atoms with Crippen LogP contribution >= 0.6 is 0 Å². The van der Waals surface area contributed by atoms with Crippen molar-refractivity contribution in [2.24, 2.45) is 15.0 Å². The van der Waals surface area contributed by atoms with Crippen molar-refractivity contribution in [3.8, 4) is 5.75 Å². The fourth-order valence-corrected chi connectivity index (χ4v) is 1.80. The van der Waals surface area contributed by atoms with Gasteiger partial charge in [-0.05, 0) is 12.1 Å². The molecule has 2 heterocycles. The van der Waals surface area contributed by atoms with Gasteiger partial charge in [-0.3, -0.25) is 10.1 Å². The van der Waals surface area contributed by atoms with Gasteiger partial charge in [0.15, 0.2) is 17.4 Å². The highest BCUT2D eigenvalue weighted by Crippen LogP contribution is 2.20. The lowest BCUT2D eigenvalue weighted by Gasteiger charge is -2.11. The third-order valence-electron chi connectivity index (χ3n) is 2.64. The van der Waals surface area contributed by atoms with Gasteiger partial charge in [0, 0.05) is 0 Å². The fraction of sp³-hybridized carbons (Fsp3) is 0.0833. The Labute approximate surface area is 107 Å². The van der Waals surface area contributed by atoms with E-state index >= 15 is 0 Å². The van der Waals surface area contributed by atoms with Crippen LogP contribution in [0.1, 0.15) is 5.56 Å². The third-order valence-corrected chi connectivity index (χ3v) is 2.64. The number of hydrogen-bond donors (Lipinski definition) is 1. The molecule has 3 rings (SSSR count). The van der Waals surface area contributed by atoms with Crippen molar-refractivity contribution in [2.75, 3.05) is 7.11 Å². The Morgan fingerprint density at radius 3 is 2.68 bits per heavy atom. The summed E-state index contributed by atoms with van der Waals surface area (Å²) in [6.07, 6.45) is 0. The largest absolute Gasteiger partial charge is 0.496 e. The van der Waals surface area contributed by atoms with Crippen LogP contribution < -0.4 is 10.1 Å². The molecule has 0 aromatic heterocycles. The highest BCUT2D eigenvalue weighted by atomic mass is 16.5. The number of fused-ring (bicyclic) bond motifs is 1. The highest BCUT2D eigenvalue weighted by molar-refractivity contribution is 6.72. The van der Waals surface area contributed by atoms with Crippen molar-refractivity contribution in [2.45, 2.75) is 0 Å². The molecule has 1 aromatic rings. The van der Waals surface area contributed by atoms with Crippen LogP contribution in [0.4, 0.5) is 4.79 Å². The molecule has 0 aliphatic carbocycles. The summed E-state index contributed by atoms with van der Waals surface area (Å²) < 4.78 is 5.19. The summed E-state index contributed by atoms with van der Waals surface area (Å²) in [6.45, 7) is 0. The molecule has 0 saturated carbocycles. The second-order valence-corrected chi connectivity index (χ2v) is 3.79. The monoisotopic (exact) mass is 256 g/mol. The van der Waals surface area contributed by atoms with E-state index in [9.17, 15) is 9.59 Å². The number of nitrogens with zero attached hydrogens (tertiary/aromatic N) is 3. The molecule has 0 atom stereocenters. The van der Waals surface area contributed by atoms with E-state index < -0.39 is 11.9 Å². The molecule has 0 saturated heterocycles. The number of carbonyl (C=O) groups is 2. The number of amidine groups is 2. The zero-order valence-corrected chi connectivity index (χ0v) is 9.88. The van der Waals surface area contributed by atoms with Crippen molar-refractivity contribution in [3.63, 3.8) is 0 Å². The van der Waals surface area contributed by atoms with Gasteiger partial charge in [-0.2, -0.15) is 9.98 Å². The van der Waals surface area contributed by atoms with Gasteiger partial charge in [-0.15, -0.1) is 0 Å². The Kier molecular flexibility index (Phi) is 2.45. The summed E-state index contributed by atoms with van der Waals surface area (Å²) in [5.74, 6) is 0.275. The first-order valence-corrected chi connectivity index (χ1v) is 5.44. The molecule has 94 valence electrons. The first kappa shape index (κ1) is 11.3. The number of para-hydroxylation sites is 1. The van der Waals surface area contributed by atoms with Gasteiger partial charge in [-0.25, -0.2) is 9.79 Å². The number of methoxy groups -OCH3 is 1. The SMILES string of the molecule is COc1ccccc1C1=NC(=O)C2=NC(=O)NC2=N1. The van der Waals surface area contributed by atoms with Gasteiger partial charge in [0.2, 0.25) is 0 Å². The van der Waals surface area contributed by atoms with Gasteiger partial charge >= 0.3 is 11.9 Å². The summed E-state index contributed by atoms with van der Waals surface area (Å²) in [5.41, 5.74) is 0.523. The van der Waals surface area contributed by atoms with E-state index in [1.807, 2.05) is 0 Å². The Morgan fingerprint density at radius 2 is 1.89 bits per heavy atom. The topological polar surface area (TPSA) is 92.5 Å². The van der Waals surface area contributed by atoms with Crippen molar-refractivity contribution >= 4 is 29.3 Å². The summed E-state index contributed by atoms with van der Waals surface area (Å²) in [4.78, 5) is 34.3. The quantitative estimate of drug-likeness (QED) is 0.837. The summed E-state index contributed by atoms with van der Waals surface area (Å²) in [6, 6.07) is 6.43. The molecule has 0 unspecified atom stereocenters. The highest BCUT2D eigenvalue weighted by Gasteiger charge is 2.31. The van der Waals surface area contributed by atoms with E-state index in [0.717, 1.165) is 0 Å². The van der Waals surface area contributed by atoms with Crippen molar-refractivity contribution in [3.05, 3.63) is 29.8 Å². The Bertz CT molecular complexity index is 688. The number of benzene rings is 1. The predicted molar refractivity (Wildman–Crippen MR) is 67.9 cm³/mol. The maximum atomic E-state index is 11.8. The number of ether oxygens (including phenoxy) is 1. The Morgan fingerprint density at radius 1 is 1.11 bits per heavy atom. The van der Waals surface area contributed by atoms with Crippen LogP contribution in [0.3, 0.4) is 0 Å². The van der Waals surface area contributed by atoms with Gasteiger partial charge in [0.25, 0.3) is 0 Å². The molecular formula is C12H8N4O3. The first-order valence-electron chi connectivity index (χ1n) is 5.44. The van der Waals surface area contributed by atoms with Crippen LogP contribution in [-0.2, 0) is 4.79 Å². The van der Waals surface area contributed by atoms with Crippen LogP contribution in [-0.4, -0.2) is 36.4 Å². The van der Waals surface area contributed by atoms with Crippen LogP contribution in [0, 0.1) is 0 Å². The molecule has 0 bridgehead atoms. The second kappa shape index (κ2) is 4.13. The van der Waals surface area contributed by atoms with Crippen LogP contribution in [0.25, 0.3) is 0 Å². The molecule has 19 heavy (non-hydrogen) atoms. The van der Waals surface area contributed by atoms with E-state index in [1.165, 1.54) is 7.11 Å². The minimum Gasteiger partial charge on any atom is -0.496 e. The predicted octanol–water partition coefficient (Wildman–Crippen LogP) is 0.545. The number of urea groups is 1. The van der Waals surface area contributed by atoms with Crippen molar-refractivity contribution in [1.82, 2.24) is 5.32 Å². The Hall–Kier alpha value is -2.83. The van der Waals surface area contributed by atoms with E-state index in [0.29, 0.717) is 11.3 Å². The molecule has 7 heteroatoms. The molecule has 0 radical (unpaired) electrons. The van der Waals surface area contributed by atoms with Crippen LogP contribution in [0.5, 0.6) is 5.75 Å². The number of hydrogen-bond acceptors (Lipinski definition) is 4. The van der Waals surface area contributed by atoms with Crippen LogP contribution in [0.15, 0.2) is 39.2 Å². The molecule has 1 N–H and O–H groups in total. The minimum absolute atomic E-state index is 0.0522. The van der Waals surface area contributed by atoms with Gasteiger partial charge < -0.3 is 4.74 Å². The summed E-state index contributed by atoms with van der Waals surface area (Å²) in [7, 11) is 1.52. The normalized spacial score (nSPS) is 17.2. The van der Waals surface area contributed by atoms with E-state index in [-0.39, 0.29) is 17.4 Å².